The van der Waals surface area contributed by atoms with Crippen LogP contribution >= 0.6 is 16.8 Å². The zero-order valence-corrected chi connectivity index (χ0v) is 23.7. The molecular formula is C26H35N5O6P2. The van der Waals surface area contributed by atoms with Crippen LogP contribution in [0.3, 0.4) is 0 Å². The second-order valence-corrected chi connectivity index (χ2v) is 11.2. The van der Waals surface area contributed by atoms with E-state index in [1.54, 1.807) is 12.1 Å². The molecule has 1 aromatic carbocycles. The summed E-state index contributed by atoms with van der Waals surface area (Å²) in [4.78, 5) is 63.9. The average Bonchev–Trinajstić information content (AvgIpc) is 2.88. The third-order valence-corrected chi connectivity index (χ3v) is 7.33. The van der Waals surface area contributed by atoms with E-state index in [2.05, 4.69) is 15.3 Å². The molecular weight excluding hydrogens is 540 g/mol. The van der Waals surface area contributed by atoms with E-state index in [0.717, 1.165) is 22.6 Å². The predicted molar refractivity (Wildman–Crippen MR) is 152 cm³/mol. The first-order valence-corrected chi connectivity index (χ1v) is 15.1. The first-order valence-electron chi connectivity index (χ1n) is 12.3. The summed E-state index contributed by atoms with van der Waals surface area (Å²) in [6.45, 7) is 2.78. The van der Waals surface area contributed by atoms with Crippen molar-refractivity contribution in [2.75, 3.05) is 31.5 Å². The van der Waals surface area contributed by atoms with Crippen LogP contribution in [0.15, 0.2) is 60.7 Å². The summed E-state index contributed by atoms with van der Waals surface area (Å²) >= 11 is 0. The maximum absolute atomic E-state index is 11.5. The lowest BCUT2D eigenvalue weighted by atomic mass is 10.0. The van der Waals surface area contributed by atoms with Gasteiger partial charge in [0.1, 0.15) is 5.69 Å². The Bertz CT molecular complexity index is 1200. The van der Waals surface area contributed by atoms with Crippen LogP contribution in [0.2, 0.25) is 0 Å². The fraction of sp³-hybridized carbons (Fsp3) is 0.346. The topological polar surface area (TPSA) is 163 Å². The molecule has 210 valence electrons. The van der Waals surface area contributed by atoms with E-state index in [1.807, 2.05) is 66.2 Å². The molecule has 11 nitrogen and oxygen atoms in total. The molecule has 0 aliphatic heterocycles. The van der Waals surface area contributed by atoms with Crippen molar-refractivity contribution in [3.05, 3.63) is 89.0 Å². The number of rotatable bonds is 15. The summed E-state index contributed by atoms with van der Waals surface area (Å²) in [6, 6.07) is 17.9. The Labute approximate surface area is 230 Å². The van der Waals surface area contributed by atoms with Crippen molar-refractivity contribution in [2.24, 2.45) is 0 Å². The molecule has 0 aliphatic rings. The Hall–Kier alpha value is -2.59. The van der Waals surface area contributed by atoms with Gasteiger partial charge in [-0.25, -0.2) is 9.78 Å². The van der Waals surface area contributed by atoms with Gasteiger partial charge in [-0.15, -0.1) is 0 Å². The second kappa shape index (κ2) is 15.3. The first-order chi connectivity index (χ1) is 18.6. The largest absolute Gasteiger partial charge is 0.477 e. The molecule has 2 heterocycles. The molecule has 3 aromatic rings. The third kappa shape index (κ3) is 10.5. The molecule has 2 aromatic heterocycles. The van der Waals surface area contributed by atoms with Gasteiger partial charge in [0.2, 0.25) is 0 Å². The minimum absolute atomic E-state index is 0.0216. The van der Waals surface area contributed by atoms with E-state index in [1.165, 1.54) is 6.07 Å². The normalized spacial score (nSPS) is 12.5. The zero-order valence-electron chi connectivity index (χ0n) is 21.9. The molecule has 0 radical (unpaired) electrons. The smallest absolute Gasteiger partial charge is 0.354 e. The van der Waals surface area contributed by atoms with E-state index >= 15 is 0 Å². The summed E-state index contributed by atoms with van der Waals surface area (Å²) in [5.41, 5.74) is 3.95. The molecule has 1 atom stereocenters. The maximum atomic E-state index is 11.5. The van der Waals surface area contributed by atoms with E-state index in [0.29, 0.717) is 25.2 Å². The number of benzene rings is 1. The molecule has 13 heteroatoms. The molecule has 0 saturated heterocycles. The Morgan fingerprint density at radius 3 is 2.13 bits per heavy atom. The van der Waals surface area contributed by atoms with Crippen LogP contribution in [-0.4, -0.2) is 82.6 Å². The van der Waals surface area contributed by atoms with Crippen LogP contribution in [0.5, 0.6) is 0 Å². The highest BCUT2D eigenvalue weighted by molar-refractivity contribution is 7.45. The number of carboxylic acid groups (broad SMARTS) is 1. The molecule has 1 unspecified atom stereocenters. The van der Waals surface area contributed by atoms with Crippen LogP contribution in [0.4, 0.5) is 5.69 Å². The molecule has 0 fully saturated rings. The number of aromatic nitrogens is 2. The Morgan fingerprint density at radius 1 is 0.897 bits per heavy atom. The summed E-state index contributed by atoms with van der Waals surface area (Å²) in [7, 11) is -2.72. The SMILES string of the molecule is CNc1ccc(CC(CN(Cc2cccc(C)n2)CP(O)O)N(Cc2cccc(C(=O)O)n2)CP(O)O)cc1. The highest BCUT2D eigenvalue weighted by Gasteiger charge is 2.26. The van der Waals surface area contributed by atoms with E-state index in [9.17, 15) is 29.5 Å². The van der Waals surface area contributed by atoms with Crippen molar-refractivity contribution in [3.8, 4) is 0 Å². The third-order valence-electron chi connectivity index (χ3n) is 6.06. The van der Waals surface area contributed by atoms with Gasteiger partial charge in [-0.1, -0.05) is 24.3 Å². The Morgan fingerprint density at radius 2 is 1.54 bits per heavy atom. The standard InChI is InChI=1S/C26H35N5O6P2/c1-19-5-3-6-22(28-19)14-30(17-38(34)35)16-24(13-20-9-11-21(27-2)12-10-20)31(18-39(36)37)15-23-7-4-8-25(29-23)26(32)33/h3-12,24,27,34-37H,13-18H2,1-2H3,(H,32,33). The van der Waals surface area contributed by atoms with E-state index in [-0.39, 0.29) is 30.9 Å². The van der Waals surface area contributed by atoms with Crippen LogP contribution in [0, 0.1) is 6.92 Å². The number of nitrogens with one attached hydrogen (secondary N) is 1. The summed E-state index contributed by atoms with van der Waals surface area (Å²) in [5, 5.41) is 12.5. The molecule has 6 N–H and O–H groups in total. The van der Waals surface area contributed by atoms with E-state index in [4.69, 9.17) is 0 Å². The summed E-state index contributed by atoms with van der Waals surface area (Å²) in [6.07, 6.45) is 0.475. The highest BCUT2D eigenvalue weighted by atomic mass is 31.2. The number of pyridine rings is 2. The van der Waals surface area contributed by atoms with E-state index < -0.39 is 22.7 Å². The van der Waals surface area contributed by atoms with Gasteiger partial charge < -0.3 is 30.0 Å². The number of hydrogen-bond acceptors (Lipinski definition) is 10. The van der Waals surface area contributed by atoms with Gasteiger partial charge in [0, 0.05) is 44.1 Å². The molecule has 39 heavy (non-hydrogen) atoms. The Kier molecular flexibility index (Phi) is 12.1. The van der Waals surface area contributed by atoms with Crippen LogP contribution in [0.25, 0.3) is 0 Å². The van der Waals surface area contributed by atoms with Crippen molar-refractivity contribution >= 4 is 28.4 Å². The monoisotopic (exact) mass is 575 g/mol. The fourth-order valence-corrected chi connectivity index (χ4v) is 5.54. The van der Waals surface area contributed by atoms with Gasteiger partial charge in [0.25, 0.3) is 0 Å². The van der Waals surface area contributed by atoms with Crippen LogP contribution in [-0.2, 0) is 19.5 Å². The molecule has 0 bridgehead atoms. The van der Waals surface area contributed by atoms with Crippen LogP contribution < -0.4 is 5.32 Å². The maximum Gasteiger partial charge on any atom is 0.354 e. The minimum atomic E-state index is -2.32. The first kappa shape index (κ1) is 30.9. The van der Waals surface area contributed by atoms with Crippen molar-refractivity contribution in [3.63, 3.8) is 0 Å². The fourth-order valence-electron chi connectivity index (χ4n) is 4.31. The van der Waals surface area contributed by atoms with Gasteiger partial charge in [-0.05, 0) is 55.3 Å². The molecule has 0 saturated carbocycles. The minimum Gasteiger partial charge on any atom is -0.477 e. The van der Waals surface area contributed by atoms with Gasteiger partial charge in [-0.3, -0.25) is 14.8 Å². The number of carbonyl (C=O) groups is 1. The zero-order chi connectivity index (χ0) is 28.4. The number of nitrogens with zero attached hydrogens (tertiary/aromatic N) is 4. The Balaban J connectivity index is 1.95. The number of carboxylic acids is 1. The lowest BCUT2D eigenvalue weighted by molar-refractivity contribution is 0.0689. The summed E-state index contributed by atoms with van der Waals surface area (Å²) < 4.78 is 0. The molecule has 0 amide bonds. The lowest BCUT2D eigenvalue weighted by Gasteiger charge is -2.36. The van der Waals surface area contributed by atoms with Crippen molar-refractivity contribution in [1.82, 2.24) is 19.8 Å². The predicted octanol–water partition coefficient (Wildman–Crippen LogP) is 2.95. The molecule has 3 rings (SSSR count). The van der Waals surface area contributed by atoms with Crippen molar-refractivity contribution in [2.45, 2.75) is 32.5 Å². The van der Waals surface area contributed by atoms with Crippen molar-refractivity contribution in [1.29, 1.82) is 0 Å². The van der Waals surface area contributed by atoms with Crippen molar-refractivity contribution < 1.29 is 29.5 Å². The van der Waals surface area contributed by atoms with Crippen LogP contribution in [0.1, 0.15) is 33.1 Å². The number of aromatic carboxylic acids is 1. The quantitative estimate of drug-likeness (QED) is 0.148. The number of anilines is 1. The van der Waals surface area contributed by atoms with Gasteiger partial charge in [0.15, 0.2) is 16.8 Å². The number of aryl methyl sites for hydroxylation is 1. The van der Waals surface area contributed by atoms with Gasteiger partial charge in [0.05, 0.1) is 24.0 Å². The van der Waals surface area contributed by atoms with Gasteiger partial charge >= 0.3 is 5.97 Å². The highest BCUT2D eigenvalue weighted by Crippen LogP contribution is 2.30. The summed E-state index contributed by atoms with van der Waals surface area (Å²) in [5.74, 6) is -1.15. The molecule has 0 spiro atoms. The molecule has 0 aliphatic carbocycles. The number of hydrogen-bond donors (Lipinski definition) is 6. The lowest BCUT2D eigenvalue weighted by Crippen LogP contribution is -2.45. The second-order valence-electron chi connectivity index (χ2n) is 9.18. The van der Waals surface area contributed by atoms with Gasteiger partial charge in [-0.2, -0.15) is 0 Å². The average molecular weight is 576 g/mol.